The molecule has 1 heterocycles. The molecule has 0 saturated carbocycles. The summed E-state index contributed by atoms with van der Waals surface area (Å²) in [5.41, 5.74) is 8.60. The lowest BCUT2D eigenvalue weighted by Crippen LogP contribution is -2.22. The van der Waals surface area contributed by atoms with E-state index >= 15 is 0 Å². The molecule has 0 aliphatic carbocycles. The lowest BCUT2D eigenvalue weighted by Gasteiger charge is -2.22. The molecule has 0 unspecified atom stereocenters. The summed E-state index contributed by atoms with van der Waals surface area (Å²) in [4.78, 5) is 42.0. The van der Waals surface area contributed by atoms with E-state index in [1.807, 2.05) is 25.1 Å². The minimum atomic E-state index is -0.405. The van der Waals surface area contributed by atoms with Gasteiger partial charge in [0.1, 0.15) is 5.82 Å². The Kier molecular flexibility index (Phi) is 8.61. The number of carbonyl (C=O) groups excluding carboxylic acids is 3. The van der Waals surface area contributed by atoms with Gasteiger partial charge < -0.3 is 15.4 Å². The Hall–Kier alpha value is -3.13. The highest BCUT2D eigenvalue weighted by molar-refractivity contribution is 8.17. The lowest BCUT2D eigenvalue weighted by molar-refractivity contribution is -0.140. The molecule has 0 radical (unpaired) electrons. The molecule has 2 rings (SSSR count). The van der Waals surface area contributed by atoms with Gasteiger partial charge >= 0.3 is 5.97 Å². The van der Waals surface area contributed by atoms with E-state index in [0.29, 0.717) is 40.4 Å². The Morgan fingerprint density at radius 3 is 2.47 bits per heavy atom. The van der Waals surface area contributed by atoms with E-state index < -0.39 is 5.97 Å². The van der Waals surface area contributed by atoms with Crippen LogP contribution in [0.2, 0.25) is 0 Å². The van der Waals surface area contributed by atoms with Crippen LogP contribution < -0.4 is 5.73 Å². The van der Waals surface area contributed by atoms with Gasteiger partial charge in [0.25, 0.3) is 0 Å². The van der Waals surface area contributed by atoms with Crippen molar-refractivity contribution in [1.29, 1.82) is 0 Å². The van der Waals surface area contributed by atoms with Crippen molar-refractivity contribution in [1.82, 2.24) is 9.88 Å². The SMILES string of the molecule is CC(=O)OCC/C(SC(=O)c1ccccc1)=C(\C)N(C=O)Cc1ccc(C)nc1N. The standard InChI is InChI=1S/C22H25N3O4S/c1-15-9-10-19(21(23)24-15)13-25(14-26)16(2)20(11-12-29-17(3)27)30-22(28)18-7-5-4-6-8-18/h4-10,14H,11-13H2,1-3H3,(H2,23,24)/b20-16-. The molecule has 0 fully saturated rings. The Morgan fingerprint density at radius 1 is 1.17 bits per heavy atom. The van der Waals surface area contributed by atoms with Crippen molar-refractivity contribution in [2.24, 2.45) is 0 Å². The minimum Gasteiger partial charge on any atom is -0.466 e. The molecule has 1 aromatic heterocycles. The summed E-state index contributed by atoms with van der Waals surface area (Å²) in [6.07, 6.45) is 0.995. The number of hydrogen-bond donors (Lipinski definition) is 1. The average molecular weight is 428 g/mol. The van der Waals surface area contributed by atoms with Gasteiger partial charge in [-0.3, -0.25) is 14.4 Å². The third-order valence-electron chi connectivity index (χ3n) is 4.31. The Bertz CT molecular complexity index is 945. The lowest BCUT2D eigenvalue weighted by atomic mass is 10.2. The third-order valence-corrected chi connectivity index (χ3v) is 5.48. The van der Waals surface area contributed by atoms with Crippen molar-refractivity contribution >= 4 is 35.1 Å². The van der Waals surface area contributed by atoms with Crippen molar-refractivity contribution in [2.75, 3.05) is 12.3 Å². The average Bonchev–Trinajstić information content (AvgIpc) is 2.72. The van der Waals surface area contributed by atoms with Crippen LogP contribution in [0.25, 0.3) is 0 Å². The minimum absolute atomic E-state index is 0.109. The summed E-state index contributed by atoms with van der Waals surface area (Å²) in [5.74, 6) is -0.0544. The van der Waals surface area contributed by atoms with Crippen LogP contribution in [-0.4, -0.2) is 34.0 Å². The fourth-order valence-electron chi connectivity index (χ4n) is 2.66. The maximum atomic E-state index is 12.7. The highest BCUT2D eigenvalue weighted by atomic mass is 32.2. The summed E-state index contributed by atoms with van der Waals surface area (Å²) in [5, 5.41) is -0.157. The van der Waals surface area contributed by atoms with Crippen LogP contribution in [-0.2, 0) is 20.9 Å². The van der Waals surface area contributed by atoms with Gasteiger partial charge in [0.05, 0.1) is 13.2 Å². The van der Waals surface area contributed by atoms with E-state index in [1.54, 1.807) is 31.2 Å². The van der Waals surface area contributed by atoms with Gasteiger partial charge in [0.2, 0.25) is 11.5 Å². The molecule has 158 valence electrons. The summed E-state index contributed by atoms with van der Waals surface area (Å²) in [6.45, 7) is 5.23. The fourth-order valence-corrected chi connectivity index (χ4v) is 3.58. The third kappa shape index (κ3) is 6.73. The largest absolute Gasteiger partial charge is 0.466 e. The molecule has 1 amide bonds. The van der Waals surface area contributed by atoms with E-state index in [-0.39, 0.29) is 18.3 Å². The number of ether oxygens (including phenoxy) is 1. The number of pyridine rings is 1. The number of aromatic nitrogens is 1. The van der Waals surface area contributed by atoms with E-state index in [2.05, 4.69) is 4.98 Å². The fraction of sp³-hybridized carbons (Fsp3) is 0.273. The number of amides is 1. The number of carbonyl (C=O) groups is 3. The van der Waals surface area contributed by atoms with Crippen LogP contribution in [0.3, 0.4) is 0 Å². The van der Waals surface area contributed by atoms with Crippen molar-refractivity contribution in [3.8, 4) is 0 Å². The van der Waals surface area contributed by atoms with E-state index in [0.717, 1.165) is 17.5 Å². The van der Waals surface area contributed by atoms with Crippen LogP contribution in [0.5, 0.6) is 0 Å². The van der Waals surface area contributed by atoms with Gasteiger partial charge in [0.15, 0.2) is 0 Å². The van der Waals surface area contributed by atoms with Crippen molar-refractivity contribution in [3.63, 3.8) is 0 Å². The topological polar surface area (TPSA) is 103 Å². The number of anilines is 1. The van der Waals surface area contributed by atoms with Gasteiger partial charge in [-0.15, -0.1) is 0 Å². The number of nitrogens with zero attached hydrogens (tertiary/aromatic N) is 2. The molecule has 2 aromatic rings. The van der Waals surface area contributed by atoms with Gasteiger partial charge in [0, 0.05) is 40.8 Å². The van der Waals surface area contributed by atoms with Crippen molar-refractivity contribution in [2.45, 2.75) is 33.7 Å². The zero-order valence-corrected chi connectivity index (χ0v) is 18.1. The number of rotatable bonds is 9. The molecule has 0 saturated heterocycles. The van der Waals surface area contributed by atoms with Crippen molar-refractivity contribution in [3.05, 3.63) is 69.9 Å². The molecular formula is C22H25N3O4S. The molecule has 0 atom stereocenters. The van der Waals surface area contributed by atoms with E-state index in [4.69, 9.17) is 10.5 Å². The Morgan fingerprint density at radius 2 is 1.87 bits per heavy atom. The number of allylic oxidation sites excluding steroid dienone is 1. The monoisotopic (exact) mass is 427 g/mol. The molecule has 0 spiro atoms. The molecular weight excluding hydrogens is 402 g/mol. The van der Waals surface area contributed by atoms with Crippen LogP contribution in [0.1, 0.15) is 41.9 Å². The van der Waals surface area contributed by atoms with Gasteiger partial charge in [-0.2, -0.15) is 0 Å². The Balaban J connectivity index is 2.29. The molecule has 30 heavy (non-hydrogen) atoms. The summed E-state index contributed by atoms with van der Waals surface area (Å²) in [6, 6.07) is 12.5. The predicted octanol–water partition coefficient (Wildman–Crippen LogP) is 3.69. The smallest absolute Gasteiger partial charge is 0.302 e. The van der Waals surface area contributed by atoms with Crippen LogP contribution >= 0.6 is 11.8 Å². The first-order valence-corrected chi connectivity index (χ1v) is 10.2. The number of aryl methyl sites for hydroxylation is 1. The molecule has 7 nitrogen and oxygen atoms in total. The number of nitrogens with two attached hydrogens (primary N) is 1. The first-order chi connectivity index (χ1) is 14.3. The maximum absolute atomic E-state index is 12.7. The number of esters is 1. The second-order valence-corrected chi connectivity index (χ2v) is 7.65. The number of thioether (sulfide) groups is 1. The first-order valence-electron chi connectivity index (χ1n) is 9.36. The number of benzene rings is 1. The molecule has 2 N–H and O–H groups in total. The maximum Gasteiger partial charge on any atom is 0.302 e. The summed E-state index contributed by atoms with van der Waals surface area (Å²) < 4.78 is 5.04. The van der Waals surface area contributed by atoms with Crippen LogP contribution in [0.15, 0.2) is 53.1 Å². The number of nitrogen functional groups attached to an aromatic ring is 1. The van der Waals surface area contributed by atoms with Gasteiger partial charge in [-0.25, -0.2) is 4.98 Å². The summed E-state index contributed by atoms with van der Waals surface area (Å²) >= 11 is 1.02. The molecule has 8 heteroatoms. The zero-order valence-electron chi connectivity index (χ0n) is 17.3. The van der Waals surface area contributed by atoms with E-state index in [9.17, 15) is 14.4 Å². The summed E-state index contributed by atoms with van der Waals surface area (Å²) in [7, 11) is 0. The van der Waals surface area contributed by atoms with Crippen LogP contribution in [0, 0.1) is 6.92 Å². The number of hydrogen-bond acceptors (Lipinski definition) is 7. The normalized spacial score (nSPS) is 11.4. The van der Waals surface area contributed by atoms with Gasteiger partial charge in [-0.05, 0) is 31.7 Å². The van der Waals surface area contributed by atoms with Crippen LogP contribution in [0.4, 0.5) is 5.82 Å². The van der Waals surface area contributed by atoms with E-state index in [1.165, 1.54) is 11.8 Å². The first kappa shape index (κ1) is 23.2. The van der Waals surface area contributed by atoms with Gasteiger partial charge in [-0.1, -0.05) is 36.4 Å². The zero-order chi connectivity index (χ0) is 22.1. The highest BCUT2D eigenvalue weighted by Crippen LogP contribution is 2.29. The molecule has 0 aliphatic rings. The highest BCUT2D eigenvalue weighted by Gasteiger charge is 2.17. The molecule has 0 bridgehead atoms. The second-order valence-electron chi connectivity index (χ2n) is 6.58. The predicted molar refractivity (Wildman–Crippen MR) is 117 cm³/mol. The molecule has 1 aromatic carbocycles. The second kappa shape index (κ2) is 11.2. The Labute approximate surface area is 180 Å². The van der Waals surface area contributed by atoms with Crippen molar-refractivity contribution < 1.29 is 19.1 Å². The molecule has 0 aliphatic heterocycles. The quantitative estimate of drug-likeness (QED) is 0.481.